The Morgan fingerprint density at radius 3 is 3.05 bits per heavy atom. The number of aromatic nitrogens is 2. The monoisotopic (exact) mass is 263 g/mol. The van der Waals surface area contributed by atoms with Crippen LogP contribution in [0.4, 0.5) is 0 Å². The fourth-order valence-corrected chi connectivity index (χ4v) is 3.37. The third-order valence-corrected chi connectivity index (χ3v) is 4.80. The molecule has 19 heavy (non-hydrogen) atoms. The first-order valence-corrected chi connectivity index (χ1v) is 7.57. The lowest BCUT2D eigenvalue weighted by molar-refractivity contribution is 0.180. The van der Waals surface area contributed by atoms with Gasteiger partial charge in [-0.25, -0.2) is 4.98 Å². The summed E-state index contributed by atoms with van der Waals surface area (Å²) in [5.41, 5.74) is 8.15. The molecule has 4 nitrogen and oxygen atoms in total. The summed E-state index contributed by atoms with van der Waals surface area (Å²) in [6, 6.07) is 0.0717. The highest BCUT2D eigenvalue weighted by atomic mass is 16.5. The molecular formula is C15H25N3O. The van der Waals surface area contributed by atoms with Crippen LogP contribution in [0.1, 0.15) is 50.8 Å². The lowest BCUT2D eigenvalue weighted by Gasteiger charge is -2.22. The second-order valence-corrected chi connectivity index (χ2v) is 6.35. The van der Waals surface area contributed by atoms with Crippen LogP contribution < -0.4 is 5.73 Å². The summed E-state index contributed by atoms with van der Waals surface area (Å²) in [6.07, 6.45) is 10.3. The first-order valence-electron chi connectivity index (χ1n) is 7.57. The third kappa shape index (κ3) is 2.70. The van der Waals surface area contributed by atoms with E-state index >= 15 is 0 Å². The minimum atomic E-state index is 0.0717. The first-order chi connectivity index (χ1) is 9.24. The molecule has 2 atom stereocenters. The highest BCUT2D eigenvalue weighted by Gasteiger charge is 2.42. The van der Waals surface area contributed by atoms with Crippen molar-refractivity contribution in [1.29, 1.82) is 0 Å². The van der Waals surface area contributed by atoms with Gasteiger partial charge in [0.25, 0.3) is 0 Å². The Balaban J connectivity index is 1.71. The largest absolute Gasteiger partial charge is 0.381 e. The van der Waals surface area contributed by atoms with Crippen molar-refractivity contribution in [2.24, 2.45) is 17.1 Å². The summed E-state index contributed by atoms with van der Waals surface area (Å²) in [7, 11) is 0. The number of ether oxygens (including phenoxy) is 1. The molecule has 0 aromatic carbocycles. The van der Waals surface area contributed by atoms with Crippen LogP contribution in [0, 0.1) is 11.3 Å². The van der Waals surface area contributed by atoms with Gasteiger partial charge >= 0.3 is 0 Å². The Morgan fingerprint density at radius 2 is 2.42 bits per heavy atom. The molecule has 1 saturated heterocycles. The van der Waals surface area contributed by atoms with Crippen molar-refractivity contribution >= 4 is 0 Å². The first kappa shape index (κ1) is 13.1. The number of nitrogens with zero attached hydrogens (tertiary/aromatic N) is 2. The van der Waals surface area contributed by atoms with E-state index in [1.54, 1.807) is 0 Å². The van der Waals surface area contributed by atoms with E-state index in [-0.39, 0.29) is 6.04 Å². The average Bonchev–Trinajstić information content (AvgIpc) is 2.87. The number of nitrogens with two attached hydrogens (primary N) is 1. The molecular weight excluding hydrogens is 238 g/mol. The fraction of sp³-hybridized carbons (Fsp3) is 0.800. The van der Waals surface area contributed by atoms with E-state index < -0.39 is 0 Å². The van der Waals surface area contributed by atoms with Crippen LogP contribution in [0.5, 0.6) is 0 Å². The van der Waals surface area contributed by atoms with Crippen molar-refractivity contribution in [1.82, 2.24) is 9.55 Å². The zero-order valence-corrected chi connectivity index (χ0v) is 11.8. The Labute approximate surface area is 115 Å². The van der Waals surface area contributed by atoms with Crippen molar-refractivity contribution in [2.45, 2.75) is 51.6 Å². The van der Waals surface area contributed by atoms with Gasteiger partial charge in [-0.15, -0.1) is 0 Å². The van der Waals surface area contributed by atoms with Crippen molar-refractivity contribution < 1.29 is 4.74 Å². The molecule has 2 aliphatic rings. The van der Waals surface area contributed by atoms with Crippen molar-refractivity contribution in [3.63, 3.8) is 0 Å². The molecule has 2 heterocycles. The van der Waals surface area contributed by atoms with Crippen LogP contribution in [0.25, 0.3) is 0 Å². The Bertz CT molecular complexity index is 419. The van der Waals surface area contributed by atoms with Gasteiger partial charge in [0, 0.05) is 25.3 Å². The zero-order chi connectivity index (χ0) is 13.3. The highest BCUT2D eigenvalue weighted by Crippen LogP contribution is 2.51. The second kappa shape index (κ2) is 5.25. The summed E-state index contributed by atoms with van der Waals surface area (Å²) in [6.45, 7) is 5.02. The summed E-state index contributed by atoms with van der Waals surface area (Å²) in [5, 5.41) is 0. The van der Waals surface area contributed by atoms with Crippen LogP contribution in [-0.4, -0.2) is 22.8 Å². The molecule has 0 amide bonds. The SMILES string of the molecule is CCCC1(Cn2cncc2C(N)C2CCOC2)CC1. The number of imidazole rings is 1. The van der Waals surface area contributed by atoms with E-state index in [1.165, 1.54) is 31.4 Å². The van der Waals surface area contributed by atoms with E-state index in [0.29, 0.717) is 11.3 Å². The van der Waals surface area contributed by atoms with E-state index in [9.17, 15) is 0 Å². The van der Waals surface area contributed by atoms with Gasteiger partial charge in [-0.2, -0.15) is 0 Å². The summed E-state index contributed by atoms with van der Waals surface area (Å²) >= 11 is 0. The third-order valence-electron chi connectivity index (χ3n) is 4.80. The predicted octanol–water partition coefficient (Wildman–Crippen LogP) is 2.50. The maximum atomic E-state index is 6.42. The molecule has 1 aliphatic carbocycles. The molecule has 0 spiro atoms. The van der Waals surface area contributed by atoms with Crippen molar-refractivity contribution in [3.8, 4) is 0 Å². The summed E-state index contributed by atoms with van der Waals surface area (Å²) in [4.78, 5) is 4.33. The van der Waals surface area contributed by atoms with Crippen LogP contribution in [0.2, 0.25) is 0 Å². The van der Waals surface area contributed by atoms with E-state index in [0.717, 1.165) is 26.2 Å². The molecule has 1 aliphatic heterocycles. The number of hydrogen-bond donors (Lipinski definition) is 1. The van der Waals surface area contributed by atoms with Crippen LogP contribution in [0.15, 0.2) is 12.5 Å². The molecule has 1 aromatic heterocycles. The van der Waals surface area contributed by atoms with Crippen LogP contribution >= 0.6 is 0 Å². The molecule has 2 fully saturated rings. The van der Waals surface area contributed by atoms with Crippen molar-refractivity contribution in [2.75, 3.05) is 13.2 Å². The fourth-order valence-electron chi connectivity index (χ4n) is 3.37. The lowest BCUT2D eigenvalue weighted by atomic mass is 9.96. The van der Waals surface area contributed by atoms with Gasteiger partial charge < -0.3 is 15.0 Å². The van der Waals surface area contributed by atoms with E-state index in [4.69, 9.17) is 10.5 Å². The van der Waals surface area contributed by atoms with Gasteiger partial charge in [0.05, 0.1) is 24.7 Å². The molecule has 3 rings (SSSR count). The zero-order valence-electron chi connectivity index (χ0n) is 11.8. The number of hydrogen-bond acceptors (Lipinski definition) is 3. The van der Waals surface area contributed by atoms with Gasteiger partial charge in [0.2, 0.25) is 0 Å². The molecule has 1 saturated carbocycles. The Hall–Kier alpha value is -0.870. The van der Waals surface area contributed by atoms with Gasteiger partial charge in [0.1, 0.15) is 0 Å². The maximum Gasteiger partial charge on any atom is 0.0948 e. The molecule has 0 bridgehead atoms. The maximum absolute atomic E-state index is 6.42. The molecule has 1 aromatic rings. The van der Waals surface area contributed by atoms with Gasteiger partial charge in [-0.3, -0.25) is 0 Å². The topological polar surface area (TPSA) is 53.1 Å². The molecule has 106 valence electrons. The lowest BCUT2D eigenvalue weighted by Crippen LogP contribution is -2.25. The molecule has 4 heteroatoms. The average molecular weight is 263 g/mol. The molecule has 2 N–H and O–H groups in total. The normalized spacial score (nSPS) is 26.5. The second-order valence-electron chi connectivity index (χ2n) is 6.35. The smallest absolute Gasteiger partial charge is 0.0948 e. The van der Waals surface area contributed by atoms with Crippen LogP contribution in [0.3, 0.4) is 0 Å². The van der Waals surface area contributed by atoms with Crippen LogP contribution in [-0.2, 0) is 11.3 Å². The highest BCUT2D eigenvalue weighted by molar-refractivity contribution is 5.09. The standard InChI is InChI=1S/C15H25N3O/c1-2-4-15(5-6-15)10-18-11-17-8-13(18)14(16)12-3-7-19-9-12/h8,11-12,14H,2-7,9-10,16H2,1H3. The molecule has 2 unspecified atom stereocenters. The predicted molar refractivity (Wildman–Crippen MR) is 74.7 cm³/mol. The van der Waals surface area contributed by atoms with Gasteiger partial charge in [-0.05, 0) is 31.1 Å². The van der Waals surface area contributed by atoms with Gasteiger partial charge in [-0.1, -0.05) is 13.3 Å². The van der Waals surface area contributed by atoms with E-state index in [1.807, 2.05) is 12.5 Å². The van der Waals surface area contributed by atoms with E-state index in [2.05, 4.69) is 16.5 Å². The summed E-state index contributed by atoms with van der Waals surface area (Å²) in [5.74, 6) is 0.455. The molecule has 0 radical (unpaired) electrons. The Morgan fingerprint density at radius 1 is 1.58 bits per heavy atom. The summed E-state index contributed by atoms with van der Waals surface area (Å²) < 4.78 is 7.76. The Kier molecular flexibility index (Phi) is 3.63. The minimum Gasteiger partial charge on any atom is -0.381 e. The van der Waals surface area contributed by atoms with Gasteiger partial charge in [0.15, 0.2) is 0 Å². The van der Waals surface area contributed by atoms with Crippen molar-refractivity contribution in [3.05, 3.63) is 18.2 Å². The quantitative estimate of drug-likeness (QED) is 0.858. The number of rotatable bonds is 6. The minimum absolute atomic E-state index is 0.0717.